The van der Waals surface area contributed by atoms with Gasteiger partial charge in [-0.25, -0.2) is 9.78 Å². The molecule has 1 aliphatic heterocycles. The molecule has 2 heterocycles. The third-order valence-electron chi connectivity index (χ3n) is 3.71. The lowest BCUT2D eigenvalue weighted by Gasteiger charge is -2.31. The first-order valence-corrected chi connectivity index (χ1v) is 7.90. The summed E-state index contributed by atoms with van der Waals surface area (Å²) in [6.07, 6.45) is 6.17. The normalized spacial score (nSPS) is 15.1. The van der Waals surface area contributed by atoms with Crippen LogP contribution in [0.15, 0.2) is 18.6 Å². The van der Waals surface area contributed by atoms with E-state index in [-0.39, 0.29) is 11.8 Å². The number of amides is 2. The topological polar surface area (TPSA) is 96.5 Å². The summed E-state index contributed by atoms with van der Waals surface area (Å²) in [6.45, 7) is 4.43. The van der Waals surface area contributed by atoms with Crippen LogP contribution in [0.25, 0.3) is 0 Å². The van der Waals surface area contributed by atoms with E-state index in [9.17, 15) is 9.59 Å². The summed E-state index contributed by atoms with van der Waals surface area (Å²) >= 11 is 0. The van der Waals surface area contributed by atoms with Gasteiger partial charge >= 0.3 is 6.09 Å². The standard InChI is InChI=1S/C15H23N5O3/c1-2-23-15(22)19-8-7-18-14(21)12-3-9-20(10-4-12)13-11-16-5-6-17-13/h5-6,11-12H,2-4,7-10H2,1H3,(H,18,21)(H,19,22). The highest BCUT2D eigenvalue weighted by Crippen LogP contribution is 2.20. The average Bonchev–Trinajstić information content (AvgIpc) is 2.60. The quantitative estimate of drug-likeness (QED) is 0.743. The van der Waals surface area contributed by atoms with E-state index in [1.165, 1.54) is 0 Å². The predicted molar refractivity (Wildman–Crippen MR) is 85.0 cm³/mol. The van der Waals surface area contributed by atoms with Crippen LogP contribution in [0.3, 0.4) is 0 Å². The average molecular weight is 321 g/mol. The number of piperidine rings is 1. The van der Waals surface area contributed by atoms with Gasteiger partial charge < -0.3 is 20.3 Å². The van der Waals surface area contributed by atoms with Gasteiger partial charge in [0.15, 0.2) is 0 Å². The fourth-order valence-electron chi connectivity index (χ4n) is 2.50. The van der Waals surface area contributed by atoms with Gasteiger partial charge in [0.05, 0.1) is 12.8 Å². The molecule has 1 fully saturated rings. The first-order chi connectivity index (χ1) is 11.2. The van der Waals surface area contributed by atoms with Crippen LogP contribution in [0, 0.1) is 5.92 Å². The van der Waals surface area contributed by atoms with Crippen molar-refractivity contribution in [2.24, 2.45) is 5.92 Å². The summed E-state index contributed by atoms with van der Waals surface area (Å²) < 4.78 is 4.74. The Kier molecular flexibility index (Phi) is 6.58. The Morgan fingerprint density at radius 1 is 1.26 bits per heavy atom. The number of carbonyl (C=O) groups is 2. The molecule has 126 valence electrons. The van der Waals surface area contributed by atoms with E-state index in [2.05, 4.69) is 25.5 Å². The van der Waals surface area contributed by atoms with Crippen molar-refractivity contribution in [3.05, 3.63) is 18.6 Å². The molecule has 23 heavy (non-hydrogen) atoms. The number of alkyl carbamates (subject to hydrolysis) is 1. The minimum Gasteiger partial charge on any atom is -0.450 e. The molecule has 0 unspecified atom stereocenters. The van der Waals surface area contributed by atoms with Crippen LogP contribution in [0.2, 0.25) is 0 Å². The first kappa shape index (κ1) is 17.0. The molecule has 2 N–H and O–H groups in total. The van der Waals surface area contributed by atoms with E-state index in [4.69, 9.17) is 4.74 Å². The van der Waals surface area contributed by atoms with Crippen LogP contribution in [0.5, 0.6) is 0 Å². The number of hydrogen-bond donors (Lipinski definition) is 2. The highest BCUT2D eigenvalue weighted by molar-refractivity contribution is 5.79. The third-order valence-corrected chi connectivity index (χ3v) is 3.71. The van der Waals surface area contributed by atoms with Crippen LogP contribution in [0.4, 0.5) is 10.6 Å². The fraction of sp³-hybridized carbons (Fsp3) is 0.600. The van der Waals surface area contributed by atoms with Gasteiger partial charge in [-0.1, -0.05) is 0 Å². The Morgan fingerprint density at radius 3 is 2.65 bits per heavy atom. The second kappa shape index (κ2) is 8.92. The molecule has 8 heteroatoms. The number of nitrogens with one attached hydrogen (secondary N) is 2. The van der Waals surface area contributed by atoms with Gasteiger partial charge in [-0.2, -0.15) is 0 Å². The number of ether oxygens (including phenoxy) is 1. The van der Waals surface area contributed by atoms with E-state index in [1.807, 2.05) is 0 Å². The zero-order chi connectivity index (χ0) is 16.5. The molecule has 0 atom stereocenters. The van der Waals surface area contributed by atoms with E-state index in [1.54, 1.807) is 25.5 Å². The molecular formula is C15H23N5O3. The van der Waals surface area contributed by atoms with Gasteiger partial charge in [0.2, 0.25) is 5.91 Å². The molecule has 1 aliphatic rings. The Balaban J connectivity index is 1.65. The number of anilines is 1. The summed E-state index contributed by atoms with van der Waals surface area (Å²) in [7, 11) is 0. The Bertz CT molecular complexity index is 503. The molecule has 0 radical (unpaired) electrons. The zero-order valence-corrected chi connectivity index (χ0v) is 13.3. The van der Waals surface area contributed by atoms with Gasteiger partial charge in [-0.05, 0) is 19.8 Å². The van der Waals surface area contributed by atoms with Crippen molar-refractivity contribution in [3.63, 3.8) is 0 Å². The molecular weight excluding hydrogens is 298 g/mol. The molecule has 8 nitrogen and oxygen atoms in total. The summed E-state index contributed by atoms with van der Waals surface area (Å²) in [5.74, 6) is 0.893. The number of hydrogen-bond acceptors (Lipinski definition) is 6. The number of carbonyl (C=O) groups excluding carboxylic acids is 2. The summed E-state index contributed by atoms with van der Waals surface area (Å²) in [4.78, 5) is 33.7. The van der Waals surface area contributed by atoms with Gasteiger partial charge in [-0.15, -0.1) is 0 Å². The Labute approximate surface area is 135 Å². The lowest BCUT2D eigenvalue weighted by atomic mass is 9.96. The maximum atomic E-state index is 12.1. The number of aromatic nitrogens is 2. The minimum atomic E-state index is -0.459. The summed E-state index contributed by atoms with van der Waals surface area (Å²) in [5.41, 5.74) is 0. The lowest BCUT2D eigenvalue weighted by molar-refractivity contribution is -0.125. The summed E-state index contributed by atoms with van der Waals surface area (Å²) in [6, 6.07) is 0. The molecule has 2 amide bonds. The fourth-order valence-corrected chi connectivity index (χ4v) is 2.50. The molecule has 0 aliphatic carbocycles. The van der Waals surface area contributed by atoms with Crippen molar-refractivity contribution in [1.29, 1.82) is 0 Å². The molecule has 1 saturated heterocycles. The Morgan fingerprint density at radius 2 is 2.00 bits per heavy atom. The van der Waals surface area contributed by atoms with Gasteiger partial charge in [0.25, 0.3) is 0 Å². The van der Waals surface area contributed by atoms with Crippen molar-refractivity contribution in [3.8, 4) is 0 Å². The number of nitrogens with zero attached hydrogens (tertiary/aromatic N) is 3. The van der Waals surface area contributed by atoms with Crippen molar-refractivity contribution >= 4 is 17.8 Å². The van der Waals surface area contributed by atoms with Crippen LogP contribution in [0.1, 0.15) is 19.8 Å². The zero-order valence-electron chi connectivity index (χ0n) is 13.3. The summed E-state index contributed by atoms with van der Waals surface area (Å²) in [5, 5.41) is 5.42. The van der Waals surface area contributed by atoms with E-state index in [0.29, 0.717) is 19.7 Å². The van der Waals surface area contributed by atoms with Crippen molar-refractivity contribution in [2.45, 2.75) is 19.8 Å². The van der Waals surface area contributed by atoms with Crippen LogP contribution < -0.4 is 15.5 Å². The van der Waals surface area contributed by atoms with Crippen molar-refractivity contribution in [2.75, 3.05) is 37.7 Å². The lowest BCUT2D eigenvalue weighted by Crippen LogP contribution is -2.42. The minimum absolute atomic E-state index is 0.00511. The first-order valence-electron chi connectivity index (χ1n) is 7.90. The van der Waals surface area contributed by atoms with E-state index in [0.717, 1.165) is 31.7 Å². The molecule has 1 aromatic rings. The van der Waals surface area contributed by atoms with Crippen molar-refractivity contribution in [1.82, 2.24) is 20.6 Å². The van der Waals surface area contributed by atoms with Crippen LogP contribution >= 0.6 is 0 Å². The number of rotatable bonds is 6. The molecule has 2 rings (SSSR count). The molecule has 0 spiro atoms. The second-order valence-electron chi connectivity index (χ2n) is 5.26. The maximum absolute atomic E-state index is 12.1. The molecule has 0 bridgehead atoms. The van der Waals surface area contributed by atoms with Crippen LogP contribution in [-0.4, -0.2) is 54.8 Å². The van der Waals surface area contributed by atoms with Gasteiger partial charge in [-0.3, -0.25) is 9.78 Å². The SMILES string of the molecule is CCOC(=O)NCCNC(=O)C1CCN(c2cnccn2)CC1. The largest absolute Gasteiger partial charge is 0.450 e. The second-order valence-corrected chi connectivity index (χ2v) is 5.26. The van der Waals surface area contributed by atoms with Crippen LogP contribution in [-0.2, 0) is 9.53 Å². The van der Waals surface area contributed by atoms with E-state index < -0.39 is 6.09 Å². The molecule has 0 aromatic carbocycles. The van der Waals surface area contributed by atoms with E-state index >= 15 is 0 Å². The molecule has 1 aromatic heterocycles. The highest BCUT2D eigenvalue weighted by atomic mass is 16.5. The third kappa shape index (κ3) is 5.39. The predicted octanol–water partition coefficient (Wildman–Crippen LogP) is 0.555. The monoisotopic (exact) mass is 321 g/mol. The maximum Gasteiger partial charge on any atom is 0.407 e. The smallest absolute Gasteiger partial charge is 0.407 e. The van der Waals surface area contributed by atoms with Gasteiger partial charge in [0.1, 0.15) is 5.82 Å². The Hall–Kier alpha value is -2.38. The van der Waals surface area contributed by atoms with Crippen molar-refractivity contribution < 1.29 is 14.3 Å². The molecule has 0 saturated carbocycles. The van der Waals surface area contributed by atoms with Gasteiger partial charge in [0, 0.05) is 44.5 Å². The highest BCUT2D eigenvalue weighted by Gasteiger charge is 2.25.